The summed E-state index contributed by atoms with van der Waals surface area (Å²) >= 11 is 0. The monoisotopic (exact) mass is 332 g/mol. The zero-order valence-corrected chi connectivity index (χ0v) is 15.9. The molecule has 1 saturated heterocycles. The van der Waals surface area contributed by atoms with E-state index in [-0.39, 0.29) is 11.4 Å². The zero-order chi connectivity index (χ0) is 17.5. The van der Waals surface area contributed by atoms with Gasteiger partial charge in [0.15, 0.2) is 5.69 Å². The highest BCUT2D eigenvalue weighted by molar-refractivity contribution is 5.92. The van der Waals surface area contributed by atoms with Gasteiger partial charge >= 0.3 is 0 Å². The van der Waals surface area contributed by atoms with Gasteiger partial charge in [-0.05, 0) is 73.0 Å². The van der Waals surface area contributed by atoms with Crippen molar-refractivity contribution in [1.29, 1.82) is 0 Å². The lowest BCUT2D eigenvalue weighted by Gasteiger charge is -2.36. The van der Waals surface area contributed by atoms with E-state index >= 15 is 0 Å². The van der Waals surface area contributed by atoms with E-state index in [0.29, 0.717) is 17.7 Å². The molecule has 0 N–H and O–H groups in total. The number of carbonyl (C=O) groups excluding carboxylic acids is 1. The van der Waals surface area contributed by atoms with E-state index in [1.807, 2.05) is 0 Å². The Morgan fingerprint density at radius 2 is 1.96 bits per heavy atom. The van der Waals surface area contributed by atoms with Crippen molar-refractivity contribution in [1.82, 2.24) is 19.6 Å². The van der Waals surface area contributed by atoms with Crippen molar-refractivity contribution in [3.8, 4) is 0 Å². The molecule has 0 spiro atoms. The lowest BCUT2D eigenvalue weighted by Crippen LogP contribution is -2.48. The van der Waals surface area contributed by atoms with Crippen LogP contribution in [0, 0.1) is 0 Å². The molecule has 1 atom stereocenters. The van der Waals surface area contributed by atoms with Crippen LogP contribution in [0.2, 0.25) is 0 Å². The fourth-order valence-corrected chi connectivity index (χ4v) is 3.73. The quantitative estimate of drug-likeness (QED) is 0.851. The van der Waals surface area contributed by atoms with Crippen molar-refractivity contribution >= 4 is 5.91 Å². The van der Waals surface area contributed by atoms with Crippen molar-refractivity contribution in [2.75, 3.05) is 27.2 Å². The molecular weight excluding hydrogens is 300 g/mol. The van der Waals surface area contributed by atoms with Gasteiger partial charge in [-0.1, -0.05) is 0 Å². The van der Waals surface area contributed by atoms with Crippen molar-refractivity contribution in [2.24, 2.45) is 0 Å². The largest absolute Gasteiger partial charge is 0.333 e. The van der Waals surface area contributed by atoms with Crippen LogP contribution in [0.4, 0.5) is 0 Å². The maximum Gasteiger partial charge on any atom is 0.274 e. The number of rotatable bonds is 4. The topological polar surface area (TPSA) is 41.4 Å². The zero-order valence-electron chi connectivity index (χ0n) is 15.9. The Hall–Kier alpha value is -1.36. The number of aromatic nitrogens is 2. The van der Waals surface area contributed by atoms with Crippen LogP contribution in [-0.2, 0) is 5.54 Å². The van der Waals surface area contributed by atoms with Crippen LogP contribution in [0.1, 0.15) is 75.0 Å². The molecule has 0 radical (unpaired) electrons. The molecule has 5 nitrogen and oxygen atoms in total. The first-order valence-electron chi connectivity index (χ1n) is 9.33. The van der Waals surface area contributed by atoms with Gasteiger partial charge in [0.25, 0.3) is 5.91 Å². The molecule has 1 aromatic rings. The first kappa shape index (κ1) is 17.5. The Morgan fingerprint density at radius 3 is 2.54 bits per heavy atom. The number of likely N-dealkylation sites (N-methyl/N-ethyl adjacent to an activating group) is 1. The molecule has 1 amide bonds. The Kier molecular flexibility index (Phi) is 4.73. The van der Waals surface area contributed by atoms with Gasteiger partial charge in [0.1, 0.15) is 0 Å². The van der Waals surface area contributed by atoms with Crippen LogP contribution in [0.3, 0.4) is 0 Å². The van der Waals surface area contributed by atoms with Crippen molar-refractivity contribution < 1.29 is 4.79 Å². The van der Waals surface area contributed by atoms with Crippen LogP contribution in [0.15, 0.2) is 6.07 Å². The number of nitrogens with zero attached hydrogens (tertiary/aromatic N) is 4. The van der Waals surface area contributed by atoms with E-state index in [2.05, 4.69) is 55.4 Å². The Labute approximate surface area is 146 Å². The van der Waals surface area contributed by atoms with Crippen LogP contribution in [0.25, 0.3) is 0 Å². The molecule has 0 unspecified atom stereocenters. The normalized spacial score (nSPS) is 22.2. The van der Waals surface area contributed by atoms with Crippen LogP contribution < -0.4 is 0 Å². The van der Waals surface area contributed by atoms with E-state index < -0.39 is 0 Å². The highest BCUT2D eigenvalue weighted by Gasteiger charge is 2.35. The number of hydrogen-bond donors (Lipinski definition) is 0. The molecule has 1 aliphatic heterocycles. The molecule has 3 rings (SSSR count). The lowest BCUT2D eigenvalue weighted by molar-refractivity contribution is 0.0567. The third-order valence-electron chi connectivity index (χ3n) is 5.05. The third kappa shape index (κ3) is 3.66. The molecular formula is C19H32N4O. The van der Waals surface area contributed by atoms with Crippen LogP contribution in [-0.4, -0.2) is 58.7 Å². The van der Waals surface area contributed by atoms with Gasteiger partial charge < -0.3 is 9.80 Å². The SMILES string of the molecule is CN(C)C[C@@H]1CCCCN1C(=O)c1cc(C2CC2)n(C(C)(C)C)n1. The summed E-state index contributed by atoms with van der Waals surface area (Å²) in [6, 6.07) is 2.37. The Bertz CT molecular complexity index is 595. The predicted molar refractivity (Wildman–Crippen MR) is 96.4 cm³/mol. The van der Waals surface area contributed by atoms with Gasteiger partial charge in [-0.3, -0.25) is 9.48 Å². The maximum atomic E-state index is 13.2. The molecule has 1 aliphatic carbocycles. The lowest BCUT2D eigenvalue weighted by atomic mass is 10.0. The highest BCUT2D eigenvalue weighted by atomic mass is 16.2. The minimum atomic E-state index is -0.0820. The number of carbonyl (C=O) groups is 1. The summed E-state index contributed by atoms with van der Waals surface area (Å²) in [5, 5.41) is 4.74. The van der Waals surface area contributed by atoms with E-state index in [0.717, 1.165) is 25.9 Å². The fraction of sp³-hybridized carbons (Fsp3) is 0.789. The molecule has 2 fully saturated rings. The summed E-state index contributed by atoms with van der Waals surface area (Å²) in [7, 11) is 4.16. The smallest absolute Gasteiger partial charge is 0.274 e. The van der Waals surface area contributed by atoms with Gasteiger partial charge in [-0.15, -0.1) is 0 Å². The minimum Gasteiger partial charge on any atom is -0.333 e. The summed E-state index contributed by atoms with van der Waals surface area (Å²) in [5.41, 5.74) is 1.80. The number of likely N-dealkylation sites (tertiary alicyclic amines) is 1. The van der Waals surface area contributed by atoms with E-state index in [4.69, 9.17) is 5.10 Å². The van der Waals surface area contributed by atoms with Gasteiger partial charge in [-0.2, -0.15) is 5.10 Å². The van der Waals surface area contributed by atoms with E-state index in [1.165, 1.54) is 25.0 Å². The Morgan fingerprint density at radius 1 is 1.25 bits per heavy atom. The average molecular weight is 332 g/mol. The third-order valence-corrected chi connectivity index (χ3v) is 5.05. The number of piperidine rings is 1. The first-order chi connectivity index (χ1) is 11.3. The average Bonchev–Trinajstić information content (AvgIpc) is 3.23. The molecule has 5 heteroatoms. The standard InChI is InChI=1S/C19H32N4O/c1-19(2,3)23-17(14-9-10-14)12-16(20-23)18(24)22-11-7-6-8-15(22)13-21(4)5/h12,14-15H,6-11,13H2,1-5H3/t15-/m0/s1. The van der Waals surface area contributed by atoms with Crippen molar-refractivity contribution in [2.45, 2.75) is 70.4 Å². The molecule has 134 valence electrons. The number of hydrogen-bond acceptors (Lipinski definition) is 3. The molecule has 1 saturated carbocycles. The molecule has 2 aliphatic rings. The summed E-state index contributed by atoms with van der Waals surface area (Å²) in [4.78, 5) is 17.4. The fourth-order valence-electron chi connectivity index (χ4n) is 3.73. The van der Waals surface area contributed by atoms with Gasteiger partial charge in [0, 0.05) is 30.7 Å². The summed E-state index contributed by atoms with van der Waals surface area (Å²) in [6.07, 6.45) is 5.86. The van der Waals surface area contributed by atoms with Gasteiger partial charge in [-0.25, -0.2) is 0 Å². The highest BCUT2D eigenvalue weighted by Crippen LogP contribution is 2.42. The van der Waals surface area contributed by atoms with Crippen LogP contribution in [0.5, 0.6) is 0 Å². The second-order valence-corrected chi connectivity index (χ2v) is 8.72. The van der Waals surface area contributed by atoms with E-state index in [1.54, 1.807) is 0 Å². The summed E-state index contributed by atoms with van der Waals surface area (Å²) < 4.78 is 2.09. The second kappa shape index (κ2) is 6.51. The predicted octanol–water partition coefficient (Wildman–Crippen LogP) is 3.07. The van der Waals surface area contributed by atoms with Crippen LogP contribution >= 0.6 is 0 Å². The summed E-state index contributed by atoms with van der Waals surface area (Å²) in [5.74, 6) is 0.712. The van der Waals surface area contributed by atoms with Gasteiger partial charge in [0.05, 0.1) is 5.54 Å². The molecule has 2 heterocycles. The molecule has 0 aromatic carbocycles. The first-order valence-corrected chi connectivity index (χ1v) is 9.33. The molecule has 0 bridgehead atoms. The van der Waals surface area contributed by atoms with E-state index in [9.17, 15) is 4.79 Å². The number of amides is 1. The molecule has 24 heavy (non-hydrogen) atoms. The minimum absolute atomic E-state index is 0.0820. The Balaban J connectivity index is 1.86. The maximum absolute atomic E-state index is 13.2. The van der Waals surface area contributed by atoms with Crippen molar-refractivity contribution in [3.05, 3.63) is 17.5 Å². The molecule has 1 aromatic heterocycles. The van der Waals surface area contributed by atoms with Crippen molar-refractivity contribution in [3.63, 3.8) is 0 Å². The van der Waals surface area contributed by atoms with Gasteiger partial charge in [0.2, 0.25) is 0 Å². The summed E-state index contributed by atoms with van der Waals surface area (Å²) in [6.45, 7) is 8.28. The second-order valence-electron chi connectivity index (χ2n) is 8.72.